The highest BCUT2D eigenvalue weighted by Crippen LogP contribution is 2.62. The first-order valence-electron chi connectivity index (χ1n) is 11.0. The molecule has 2 saturated carbocycles. The van der Waals surface area contributed by atoms with E-state index in [9.17, 15) is 14.4 Å². The lowest BCUT2D eigenvalue weighted by Crippen LogP contribution is -2.33. The molecule has 0 spiro atoms. The predicted molar refractivity (Wildman–Crippen MR) is 122 cm³/mol. The van der Waals surface area contributed by atoms with E-state index in [1.165, 1.54) is 23.2 Å². The second-order valence-corrected chi connectivity index (χ2v) is 10.2. The van der Waals surface area contributed by atoms with Gasteiger partial charge < -0.3 is 4.74 Å². The number of benzene rings is 1. The quantitative estimate of drug-likeness (QED) is 0.353. The number of Topliss-reactive ketones (excluding diaryl/α,β-unsaturated/α-hetero) is 1. The summed E-state index contributed by atoms with van der Waals surface area (Å²) in [4.78, 5) is 44.4. The van der Waals surface area contributed by atoms with Crippen LogP contribution in [0.2, 0.25) is 10.0 Å². The van der Waals surface area contributed by atoms with Gasteiger partial charge in [0.25, 0.3) is 0 Å². The number of nitrogens with zero attached hydrogens (tertiary/aromatic N) is 2. The Balaban J connectivity index is 1.16. The Morgan fingerprint density at radius 3 is 2.55 bits per heavy atom. The van der Waals surface area contributed by atoms with E-state index in [0.717, 1.165) is 12.8 Å². The minimum atomic E-state index is -0.282. The third-order valence-corrected chi connectivity index (χ3v) is 7.87. The van der Waals surface area contributed by atoms with Crippen molar-refractivity contribution >= 4 is 46.6 Å². The number of halogens is 2. The Hall–Kier alpha value is -2.70. The van der Waals surface area contributed by atoms with E-state index in [0.29, 0.717) is 44.9 Å². The lowest BCUT2D eigenvalue weighted by molar-refractivity contribution is -0.123. The number of allylic oxidation sites excluding steroid dienone is 2. The number of hydrogen-bond acceptors (Lipinski definition) is 5. The molecule has 3 fully saturated rings. The van der Waals surface area contributed by atoms with Gasteiger partial charge >= 0.3 is 0 Å². The largest absolute Gasteiger partial charge is 0.484 e. The molecule has 1 aromatic heterocycles. The molecule has 2 amide bonds. The van der Waals surface area contributed by atoms with E-state index >= 15 is 0 Å². The molecule has 1 aromatic carbocycles. The van der Waals surface area contributed by atoms with Crippen LogP contribution in [-0.4, -0.2) is 29.2 Å². The Morgan fingerprint density at radius 1 is 1.03 bits per heavy atom. The molecule has 4 unspecified atom stereocenters. The van der Waals surface area contributed by atoms with Crippen LogP contribution in [0, 0.1) is 35.5 Å². The Kier molecular flexibility index (Phi) is 4.85. The number of rotatable bonds is 5. The van der Waals surface area contributed by atoms with Crippen molar-refractivity contribution in [3.8, 4) is 5.75 Å². The summed E-state index contributed by atoms with van der Waals surface area (Å²) in [7, 11) is 0. The number of aromatic nitrogens is 1. The highest BCUT2D eigenvalue weighted by Gasteiger charge is 2.62. The molecule has 6 nitrogen and oxygen atoms in total. The number of anilines is 1. The summed E-state index contributed by atoms with van der Waals surface area (Å²) < 4.78 is 5.55. The van der Waals surface area contributed by atoms with E-state index in [4.69, 9.17) is 27.9 Å². The van der Waals surface area contributed by atoms with Crippen molar-refractivity contribution < 1.29 is 19.1 Å². The minimum absolute atomic E-state index is 0.151. The van der Waals surface area contributed by atoms with Crippen LogP contribution >= 0.6 is 23.2 Å². The maximum Gasteiger partial charge on any atom is 0.239 e. The standard InChI is InChI=1S/C25H20Cl2N2O4/c26-14-5-13(6-15(27)8-14)21(30)11-33-16-2-4-22(28-10-16)29-24(31)20-7-12-1-3-17(19-9-18(12)19)23(20)25(29)32/h1-6,8,10,12,17-20,23H,7,9,11H2/t12-,17?,18?,19-,20?,23?/m1/s1. The summed E-state index contributed by atoms with van der Waals surface area (Å²) in [5.41, 5.74) is 0.352. The van der Waals surface area contributed by atoms with Crippen molar-refractivity contribution in [1.29, 1.82) is 0 Å². The van der Waals surface area contributed by atoms with Gasteiger partial charge in [-0.3, -0.25) is 14.4 Å². The average molecular weight is 483 g/mol. The van der Waals surface area contributed by atoms with Crippen molar-refractivity contribution in [1.82, 2.24) is 4.98 Å². The highest BCUT2D eigenvalue weighted by molar-refractivity contribution is 6.35. The molecule has 2 bridgehead atoms. The van der Waals surface area contributed by atoms with Crippen molar-refractivity contribution in [2.75, 3.05) is 11.5 Å². The first kappa shape index (κ1) is 20.9. The SMILES string of the molecule is O=C(COc1ccc(N2C(=O)C3C[C@H]4C=CC(C3C2=O)[C@H]2CC24)nc1)c1cc(Cl)cc(Cl)c1. The number of ether oxygens (including phenoxy) is 1. The maximum absolute atomic E-state index is 13.3. The number of pyridine rings is 1. The third kappa shape index (κ3) is 3.47. The number of carbonyl (C=O) groups excluding carboxylic acids is 3. The van der Waals surface area contributed by atoms with Crippen molar-refractivity contribution in [3.05, 3.63) is 64.3 Å². The minimum Gasteiger partial charge on any atom is -0.484 e. The second-order valence-electron chi connectivity index (χ2n) is 9.29. The third-order valence-electron chi connectivity index (χ3n) is 7.44. The van der Waals surface area contributed by atoms with Gasteiger partial charge in [0.2, 0.25) is 11.8 Å². The Bertz CT molecular complexity index is 1190. The summed E-state index contributed by atoms with van der Waals surface area (Å²) in [6, 6.07) is 7.80. The van der Waals surface area contributed by atoms with Gasteiger partial charge in [-0.1, -0.05) is 35.4 Å². The number of imide groups is 1. The lowest BCUT2D eigenvalue weighted by Gasteiger charge is -2.21. The molecule has 8 heteroatoms. The topological polar surface area (TPSA) is 76.6 Å². The monoisotopic (exact) mass is 482 g/mol. The molecular weight excluding hydrogens is 463 g/mol. The molecule has 5 aliphatic rings. The van der Waals surface area contributed by atoms with Crippen molar-refractivity contribution in [2.45, 2.75) is 12.8 Å². The molecule has 6 atom stereocenters. The molecule has 2 heterocycles. The van der Waals surface area contributed by atoms with Crippen LogP contribution in [0.5, 0.6) is 5.75 Å². The van der Waals surface area contributed by atoms with Gasteiger partial charge in [-0.2, -0.15) is 0 Å². The zero-order valence-corrected chi connectivity index (χ0v) is 19.0. The van der Waals surface area contributed by atoms with Crippen molar-refractivity contribution in [3.63, 3.8) is 0 Å². The fourth-order valence-corrected chi connectivity index (χ4v) is 6.38. The van der Waals surface area contributed by atoms with Gasteiger partial charge in [-0.25, -0.2) is 9.88 Å². The molecule has 168 valence electrons. The number of hydrogen-bond donors (Lipinski definition) is 0. The van der Waals surface area contributed by atoms with Gasteiger partial charge in [0.1, 0.15) is 11.6 Å². The second kappa shape index (κ2) is 7.67. The van der Waals surface area contributed by atoms with E-state index in [1.807, 2.05) is 0 Å². The number of ketones is 1. The van der Waals surface area contributed by atoms with Crippen LogP contribution < -0.4 is 9.64 Å². The zero-order chi connectivity index (χ0) is 22.9. The Labute approximate surface area is 200 Å². The normalized spacial score (nSPS) is 31.3. The Morgan fingerprint density at radius 2 is 1.82 bits per heavy atom. The zero-order valence-electron chi connectivity index (χ0n) is 17.5. The number of carbonyl (C=O) groups is 3. The summed E-state index contributed by atoms with van der Waals surface area (Å²) >= 11 is 11.9. The van der Waals surface area contributed by atoms with Crippen LogP contribution in [0.4, 0.5) is 5.82 Å². The maximum atomic E-state index is 13.3. The van der Waals surface area contributed by atoms with Crippen LogP contribution in [0.3, 0.4) is 0 Å². The van der Waals surface area contributed by atoms with Gasteiger partial charge in [-0.15, -0.1) is 0 Å². The van der Waals surface area contributed by atoms with E-state index in [-0.39, 0.29) is 42.0 Å². The number of amides is 2. The summed E-state index contributed by atoms with van der Waals surface area (Å²) in [5.74, 6) is 1.29. The molecule has 7 rings (SSSR count). The van der Waals surface area contributed by atoms with Crippen LogP contribution in [0.15, 0.2) is 48.7 Å². The van der Waals surface area contributed by atoms with Crippen molar-refractivity contribution in [2.24, 2.45) is 35.5 Å². The first-order valence-corrected chi connectivity index (χ1v) is 11.8. The van der Waals surface area contributed by atoms with Gasteiger partial charge in [0.05, 0.1) is 18.0 Å². The van der Waals surface area contributed by atoms with Crippen LogP contribution in [0.25, 0.3) is 0 Å². The van der Waals surface area contributed by atoms with Gasteiger partial charge in [0.15, 0.2) is 12.4 Å². The van der Waals surface area contributed by atoms with Crippen LogP contribution in [-0.2, 0) is 9.59 Å². The van der Waals surface area contributed by atoms with E-state index in [2.05, 4.69) is 17.1 Å². The summed E-state index contributed by atoms with van der Waals surface area (Å²) in [5, 5.41) is 0.739. The fraction of sp³-hybridized carbons (Fsp3) is 0.360. The smallest absolute Gasteiger partial charge is 0.239 e. The first-order chi connectivity index (χ1) is 15.9. The molecule has 0 radical (unpaired) electrons. The van der Waals surface area contributed by atoms with E-state index in [1.54, 1.807) is 18.2 Å². The average Bonchev–Trinajstić information content (AvgIpc) is 3.58. The highest BCUT2D eigenvalue weighted by atomic mass is 35.5. The summed E-state index contributed by atoms with van der Waals surface area (Å²) in [6.07, 6.45) is 7.73. The molecular formula is C25H20Cl2N2O4. The van der Waals surface area contributed by atoms with Gasteiger partial charge in [0, 0.05) is 15.6 Å². The lowest BCUT2D eigenvalue weighted by atomic mass is 9.81. The van der Waals surface area contributed by atoms with Crippen LogP contribution in [0.1, 0.15) is 23.2 Å². The molecule has 2 aromatic rings. The van der Waals surface area contributed by atoms with Gasteiger partial charge in [-0.05, 0) is 66.8 Å². The predicted octanol–water partition coefficient (Wildman–Crippen LogP) is 4.60. The molecule has 1 saturated heterocycles. The molecule has 1 aliphatic heterocycles. The fourth-order valence-electron chi connectivity index (χ4n) is 5.85. The molecule has 0 N–H and O–H groups in total. The summed E-state index contributed by atoms with van der Waals surface area (Å²) in [6.45, 7) is -0.221. The van der Waals surface area contributed by atoms with E-state index < -0.39 is 0 Å². The molecule has 33 heavy (non-hydrogen) atoms. The molecule has 4 aliphatic carbocycles.